The number of primary sulfonamides is 1. The molecule has 0 saturated carbocycles. The first-order valence-corrected chi connectivity index (χ1v) is 8.37. The minimum atomic E-state index is -3.77. The molecule has 24 heavy (non-hydrogen) atoms. The van der Waals surface area contributed by atoms with Gasteiger partial charge in [-0.3, -0.25) is 4.79 Å². The van der Waals surface area contributed by atoms with Crippen molar-refractivity contribution in [2.75, 3.05) is 16.0 Å². The number of hydrogen-bond donors (Lipinski definition) is 4. The van der Waals surface area contributed by atoms with Crippen molar-refractivity contribution in [2.24, 2.45) is 5.14 Å². The number of carbonyl (C=O) groups excluding carboxylic acids is 2. The van der Waals surface area contributed by atoms with Crippen LogP contribution in [0, 0.1) is 0 Å². The van der Waals surface area contributed by atoms with Crippen LogP contribution in [-0.4, -0.2) is 20.4 Å². The van der Waals surface area contributed by atoms with Crippen molar-refractivity contribution in [3.8, 4) is 0 Å². The third-order valence-electron chi connectivity index (χ3n) is 2.88. The molecule has 2 aromatic rings. The summed E-state index contributed by atoms with van der Waals surface area (Å²) < 4.78 is 22.3. The molecule has 0 aliphatic carbocycles. The van der Waals surface area contributed by atoms with Crippen LogP contribution in [0.5, 0.6) is 0 Å². The Morgan fingerprint density at radius 2 is 1.42 bits per heavy atom. The van der Waals surface area contributed by atoms with Gasteiger partial charge < -0.3 is 16.0 Å². The van der Waals surface area contributed by atoms with Gasteiger partial charge in [0.2, 0.25) is 15.9 Å². The van der Waals surface area contributed by atoms with E-state index < -0.39 is 16.1 Å². The van der Waals surface area contributed by atoms with E-state index in [1.165, 1.54) is 31.2 Å². The molecule has 9 heteroatoms. The van der Waals surface area contributed by atoms with Crippen LogP contribution in [0.3, 0.4) is 0 Å². The fourth-order valence-corrected chi connectivity index (χ4v) is 2.41. The van der Waals surface area contributed by atoms with Gasteiger partial charge in [-0.05, 0) is 42.5 Å². The minimum Gasteiger partial charge on any atom is -0.326 e. The van der Waals surface area contributed by atoms with E-state index in [0.29, 0.717) is 17.1 Å². The summed E-state index contributed by atoms with van der Waals surface area (Å²) in [4.78, 5) is 22.9. The molecule has 0 bridgehead atoms. The lowest BCUT2D eigenvalue weighted by Gasteiger charge is -2.09. The second-order valence-electron chi connectivity index (χ2n) is 4.91. The molecule has 2 aromatic carbocycles. The third-order valence-corrected chi connectivity index (χ3v) is 3.81. The van der Waals surface area contributed by atoms with Crippen molar-refractivity contribution in [1.29, 1.82) is 0 Å². The number of hydrogen-bond acceptors (Lipinski definition) is 4. The Balaban J connectivity index is 2.02. The highest BCUT2D eigenvalue weighted by Gasteiger charge is 2.08. The molecule has 0 unspecified atom stereocenters. The fourth-order valence-electron chi connectivity index (χ4n) is 1.90. The molecule has 0 atom stereocenters. The summed E-state index contributed by atoms with van der Waals surface area (Å²) in [5, 5.41) is 12.8. The topological polar surface area (TPSA) is 130 Å². The van der Waals surface area contributed by atoms with Crippen LogP contribution in [0.1, 0.15) is 6.92 Å². The van der Waals surface area contributed by atoms with Crippen LogP contribution in [0.2, 0.25) is 0 Å². The van der Waals surface area contributed by atoms with E-state index >= 15 is 0 Å². The number of rotatable bonds is 4. The van der Waals surface area contributed by atoms with Crippen molar-refractivity contribution in [1.82, 2.24) is 0 Å². The molecule has 5 N–H and O–H groups in total. The predicted octanol–water partition coefficient (Wildman–Crippen LogP) is 1.94. The monoisotopic (exact) mass is 348 g/mol. The van der Waals surface area contributed by atoms with Gasteiger partial charge in [0.1, 0.15) is 0 Å². The molecule has 0 aromatic heterocycles. The van der Waals surface area contributed by atoms with Crippen molar-refractivity contribution in [2.45, 2.75) is 11.8 Å². The predicted molar refractivity (Wildman–Crippen MR) is 91.2 cm³/mol. The summed E-state index contributed by atoms with van der Waals surface area (Å²) in [5.74, 6) is -0.216. The zero-order chi connectivity index (χ0) is 17.7. The first-order chi connectivity index (χ1) is 11.2. The van der Waals surface area contributed by atoms with Gasteiger partial charge in [0.05, 0.1) is 4.90 Å². The van der Waals surface area contributed by atoms with Gasteiger partial charge in [-0.2, -0.15) is 0 Å². The molecule has 0 aliphatic heterocycles. The van der Waals surface area contributed by atoms with Crippen LogP contribution in [-0.2, 0) is 14.8 Å². The minimum absolute atomic E-state index is 0.0449. The van der Waals surface area contributed by atoms with E-state index in [0.717, 1.165) is 0 Å². The molecule has 2 rings (SSSR count). The maximum Gasteiger partial charge on any atom is 0.323 e. The Kier molecular flexibility index (Phi) is 5.17. The molecule has 126 valence electrons. The lowest BCUT2D eigenvalue weighted by Crippen LogP contribution is -2.19. The van der Waals surface area contributed by atoms with Gasteiger partial charge in [0.15, 0.2) is 0 Å². The second-order valence-corrected chi connectivity index (χ2v) is 6.47. The van der Waals surface area contributed by atoms with E-state index in [-0.39, 0.29) is 10.8 Å². The third kappa shape index (κ3) is 5.07. The number of benzene rings is 2. The van der Waals surface area contributed by atoms with E-state index in [4.69, 9.17) is 5.14 Å². The molecule has 3 amide bonds. The van der Waals surface area contributed by atoms with Gasteiger partial charge in [-0.15, -0.1) is 0 Å². The molecule has 0 radical (unpaired) electrons. The van der Waals surface area contributed by atoms with Crippen molar-refractivity contribution < 1.29 is 18.0 Å². The van der Waals surface area contributed by atoms with Crippen molar-refractivity contribution in [3.05, 3.63) is 48.5 Å². The number of sulfonamides is 1. The van der Waals surface area contributed by atoms with Crippen molar-refractivity contribution >= 4 is 39.0 Å². The molecule has 0 saturated heterocycles. The summed E-state index contributed by atoms with van der Waals surface area (Å²) in [6.45, 7) is 1.39. The van der Waals surface area contributed by atoms with Crippen LogP contribution in [0.15, 0.2) is 53.4 Å². The SMILES string of the molecule is CC(=O)Nc1cccc(NC(=O)Nc2ccc(S(N)(=O)=O)cc2)c1. The van der Waals surface area contributed by atoms with Gasteiger partial charge in [0.25, 0.3) is 0 Å². The average Bonchev–Trinajstić information content (AvgIpc) is 2.46. The Morgan fingerprint density at radius 3 is 1.96 bits per heavy atom. The van der Waals surface area contributed by atoms with E-state index in [1.807, 2.05) is 0 Å². The van der Waals surface area contributed by atoms with E-state index in [9.17, 15) is 18.0 Å². The summed E-state index contributed by atoms with van der Waals surface area (Å²) >= 11 is 0. The highest BCUT2D eigenvalue weighted by atomic mass is 32.2. The fraction of sp³-hybridized carbons (Fsp3) is 0.0667. The number of nitrogens with one attached hydrogen (secondary N) is 3. The maximum atomic E-state index is 11.9. The van der Waals surface area contributed by atoms with Gasteiger partial charge in [0, 0.05) is 24.0 Å². The Morgan fingerprint density at radius 1 is 0.875 bits per heavy atom. The molecular formula is C15H16N4O4S. The number of carbonyl (C=O) groups is 2. The number of nitrogens with two attached hydrogens (primary N) is 1. The van der Waals surface area contributed by atoms with Crippen molar-refractivity contribution in [3.63, 3.8) is 0 Å². The number of urea groups is 1. The molecule has 0 fully saturated rings. The van der Waals surface area contributed by atoms with Crippen LogP contribution >= 0.6 is 0 Å². The molecular weight excluding hydrogens is 332 g/mol. The smallest absolute Gasteiger partial charge is 0.323 e. The van der Waals surface area contributed by atoms with Crippen LogP contribution in [0.4, 0.5) is 21.9 Å². The first kappa shape index (κ1) is 17.4. The quantitative estimate of drug-likeness (QED) is 0.672. The molecule has 0 spiro atoms. The maximum absolute atomic E-state index is 11.9. The highest BCUT2D eigenvalue weighted by Crippen LogP contribution is 2.16. The second kappa shape index (κ2) is 7.11. The normalized spacial score (nSPS) is 10.8. The summed E-state index contributed by atoms with van der Waals surface area (Å²) in [6.07, 6.45) is 0. The lowest BCUT2D eigenvalue weighted by molar-refractivity contribution is -0.114. The Labute approximate surface area is 139 Å². The molecule has 0 heterocycles. The largest absolute Gasteiger partial charge is 0.326 e. The number of amides is 3. The van der Waals surface area contributed by atoms with Crippen LogP contribution < -0.4 is 21.1 Å². The van der Waals surface area contributed by atoms with Crippen LogP contribution in [0.25, 0.3) is 0 Å². The lowest BCUT2D eigenvalue weighted by atomic mass is 10.2. The average molecular weight is 348 g/mol. The summed E-state index contributed by atoms with van der Waals surface area (Å²) in [7, 11) is -3.77. The summed E-state index contributed by atoms with van der Waals surface area (Å²) in [6, 6.07) is 11.6. The number of anilines is 3. The van der Waals surface area contributed by atoms with E-state index in [2.05, 4.69) is 16.0 Å². The highest BCUT2D eigenvalue weighted by molar-refractivity contribution is 7.89. The zero-order valence-electron chi connectivity index (χ0n) is 12.7. The Hall–Kier alpha value is -2.91. The van der Waals surface area contributed by atoms with Gasteiger partial charge in [-0.1, -0.05) is 6.07 Å². The first-order valence-electron chi connectivity index (χ1n) is 6.82. The standard InChI is InChI=1S/C15H16N4O4S/c1-10(20)17-12-3-2-4-13(9-12)19-15(21)18-11-5-7-14(8-6-11)24(16,22)23/h2-9H,1H3,(H,17,20)(H2,16,22,23)(H2,18,19,21). The molecule has 0 aliphatic rings. The Bertz CT molecular complexity index is 863. The molecule has 8 nitrogen and oxygen atoms in total. The van der Waals surface area contributed by atoms with Gasteiger partial charge >= 0.3 is 6.03 Å². The zero-order valence-corrected chi connectivity index (χ0v) is 13.6. The van der Waals surface area contributed by atoms with E-state index in [1.54, 1.807) is 24.3 Å². The summed E-state index contributed by atoms with van der Waals surface area (Å²) in [5.41, 5.74) is 1.44. The van der Waals surface area contributed by atoms with Gasteiger partial charge in [-0.25, -0.2) is 18.4 Å².